The van der Waals surface area contributed by atoms with Gasteiger partial charge in [-0.25, -0.2) is 27.2 Å². The average molecular weight is 397 g/mol. The predicted molar refractivity (Wildman–Crippen MR) is 87.2 cm³/mol. The van der Waals surface area contributed by atoms with E-state index in [9.17, 15) is 27.2 Å². The molecule has 2 aliphatic heterocycles. The molecular formula is C19H15F4NO4. The van der Waals surface area contributed by atoms with Crippen molar-refractivity contribution in [3.63, 3.8) is 0 Å². The Morgan fingerprint density at radius 3 is 2.61 bits per heavy atom. The van der Waals surface area contributed by atoms with E-state index in [1.54, 1.807) is 0 Å². The van der Waals surface area contributed by atoms with Crippen molar-refractivity contribution in [1.29, 1.82) is 0 Å². The molecule has 5 nitrogen and oxygen atoms in total. The lowest BCUT2D eigenvalue weighted by atomic mass is 9.78. The fraction of sp³-hybridized carbons (Fsp3) is 0.368. The van der Waals surface area contributed by atoms with E-state index >= 15 is 0 Å². The molecule has 2 atom stereocenters. The molecule has 1 fully saturated rings. The number of carbonyl (C=O) groups excluding carboxylic acids is 2. The first kappa shape index (κ1) is 18.5. The van der Waals surface area contributed by atoms with Crippen LogP contribution in [0.25, 0.3) is 0 Å². The first-order chi connectivity index (χ1) is 13.2. The number of rotatable bonds is 3. The Hall–Kier alpha value is -2.84. The van der Waals surface area contributed by atoms with Gasteiger partial charge in [-0.15, -0.1) is 0 Å². The third-order valence-corrected chi connectivity index (χ3v) is 5.23. The van der Waals surface area contributed by atoms with Crippen molar-refractivity contribution >= 4 is 11.9 Å². The van der Waals surface area contributed by atoms with Gasteiger partial charge in [0.1, 0.15) is 18.2 Å². The SMILES string of the molecule is COC(=O)C1=C(C)NC2=C(C(=O)OC2)[C@H]1c1cc(F)cc(F)c1[C@@H]1CC1(F)F. The molecule has 0 saturated heterocycles. The zero-order chi connectivity index (χ0) is 20.4. The summed E-state index contributed by atoms with van der Waals surface area (Å²) in [6.07, 6.45) is -0.597. The molecule has 4 rings (SSSR count). The van der Waals surface area contributed by atoms with Crippen LogP contribution in [0, 0.1) is 11.6 Å². The summed E-state index contributed by atoms with van der Waals surface area (Å²) in [6.45, 7) is 1.40. The molecule has 0 bridgehead atoms. The van der Waals surface area contributed by atoms with Gasteiger partial charge in [-0.1, -0.05) is 0 Å². The summed E-state index contributed by atoms with van der Waals surface area (Å²) < 4.78 is 66.0. The van der Waals surface area contributed by atoms with Crippen molar-refractivity contribution in [1.82, 2.24) is 5.32 Å². The Morgan fingerprint density at radius 1 is 1.32 bits per heavy atom. The Balaban J connectivity index is 1.98. The highest BCUT2D eigenvalue weighted by Gasteiger charge is 2.60. The topological polar surface area (TPSA) is 64.6 Å². The summed E-state index contributed by atoms with van der Waals surface area (Å²) in [5.74, 6) is -9.68. The second-order valence-corrected chi connectivity index (χ2v) is 6.96. The molecule has 3 aliphatic rings. The van der Waals surface area contributed by atoms with E-state index in [4.69, 9.17) is 9.47 Å². The Kier molecular flexibility index (Phi) is 4.02. The van der Waals surface area contributed by atoms with Crippen LogP contribution in [0.1, 0.15) is 36.3 Å². The number of methoxy groups -OCH3 is 1. The van der Waals surface area contributed by atoms with Crippen LogP contribution < -0.4 is 5.32 Å². The normalized spacial score (nSPS) is 25.3. The highest BCUT2D eigenvalue weighted by molar-refractivity contribution is 6.01. The van der Waals surface area contributed by atoms with Crippen molar-refractivity contribution < 1.29 is 36.6 Å². The number of hydrogen-bond acceptors (Lipinski definition) is 5. The minimum absolute atomic E-state index is 0.0405. The van der Waals surface area contributed by atoms with Crippen LogP contribution in [0.5, 0.6) is 0 Å². The van der Waals surface area contributed by atoms with Crippen LogP contribution in [0.3, 0.4) is 0 Å². The van der Waals surface area contributed by atoms with Crippen LogP contribution in [0.15, 0.2) is 34.7 Å². The average Bonchev–Trinajstić information content (AvgIpc) is 3.08. The van der Waals surface area contributed by atoms with Crippen molar-refractivity contribution in [3.05, 3.63) is 57.4 Å². The quantitative estimate of drug-likeness (QED) is 0.628. The van der Waals surface area contributed by atoms with Crippen molar-refractivity contribution in [2.24, 2.45) is 0 Å². The van der Waals surface area contributed by atoms with Gasteiger partial charge in [0.15, 0.2) is 0 Å². The van der Waals surface area contributed by atoms with Crippen molar-refractivity contribution in [2.45, 2.75) is 31.1 Å². The summed E-state index contributed by atoms with van der Waals surface area (Å²) in [5.41, 5.74) is -0.131. The number of cyclic esters (lactones) is 1. The molecule has 1 N–H and O–H groups in total. The minimum Gasteiger partial charge on any atom is -0.466 e. The van der Waals surface area contributed by atoms with E-state index in [2.05, 4.69) is 5.32 Å². The van der Waals surface area contributed by atoms with Crippen LogP contribution in [0.4, 0.5) is 17.6 Å². The number of hydrogen-bond donors (Lipinski definition) is 1. The molecular weight excluding hydrogens is 382 g/mol. The summed E-state index contributed by atoms with van der Waals surface area (Å²) in [6, 6.07) is 1.40. The van der Waals surface area contributed by atoms with Gasteiger partial charge >= 0.3 is 11.9 Å². The number of ether oxygens (including phenoxy) is 2. The molecule has 148 valence electrons. The number of nitrogens with one attached hydrogen (secondary N) is 1. The fourth-order valence-electron chi connectivity index (χ4n) is 3.90. The summed E-state index contributed by atoms with van der Waals surface area (Å²) >= 11 is 0. The lowest BCUT2D eigenvalue weighted by Gasteiger charge is -2.29. The number of dihydropyridines is 1. The number of benzene rings is 1. The number of allylic oxidation sites excluding steroid dienone is 1. The third-order valence-electron chi connectivity index (χ3n) is 5.23. The Bertz CT molecular complexity index is 982. The molecule has 0 amide bonds. The van der Waals surface area contributed by atoms with Gasteiger partial charge in [-0.3, -0.25) is 0 Å². The number of halogens is 4. The molecule has 1 aromatic carbocycles. The van der Waals surface area contributed by atoms with Crippen molar-refractivity contribution in [2.75, 3.05) is 13.7 Å². The molecule has 1 saturated carbocycles. The maximum absolute atomic E-state index is 14.6. The van der Waals surface area contributed by atoms with Crippen molar-refractivity contribution in [3.8, 4) is 0 Å². The molecule has 2 heterocycles. The minimum atomic E-state index is -3.14. The Labute approximate surface area is 157 Å². The van der Waals surface area contributed by atoms with E-state index in [1.807, 2.05) is 0 Å². The highest BCUT2D eigenvalue weighted by Crippen LogP contribution is 2.59. The van der Waals surface area contributed by atoms with Gasteiger partial charge in [0, 0.05) is 23.7 Å². The second kappa shape index (κ2) is 6.08. The molecule has 0 radical (unpaired) electrons. The zero-order valence-corrected chi connectivity index (χ0v) is 14.9. The molecule has 9 heteroatoms. The summed E-state index contributed by atoms with van der Waals surface area (Å²) in [7, 11) is 1.11. The first-order valence-electron chi connectivity index (χ1n) is 8.48. The Morgan fingerprint density at radius 2 is 2.00 bits per heavy atom. The largest absolute Gasteiger partial charge is 0.466 e. The molecule has 0 aromatic heterocycles. The molecule has 1 aromatic rings. The molecule has 28 heavy (non-hydrogen) atoms. The lowest BCUT2D eigenvalue weighted by Crippen LogP contribution is -2.30. The van der Waals surface area contributed by atoms with Crippen LogP contribution in [-0.4, -0.2) is 31.6 Å². The zero-order valence-electron chi connectivity index (χ0n) is 14.9. The lowest BCUT2D eigenvalue weighted by molar-refractivity contribution is -0.136. The molecule has 0 spiro atoms. The van der Waals surface area contributed by atoms with Gasteiger partial charge in [0.25, 0.3) is 5.92 Å². The second-order valence-electron chi connectivity index (χ2n) is 6.96. The third kappa shape index (κ3) is 2.68. The summed E-state index contributed by atoms with van der Waals surface area (Å²) in [4.78, 5) is 24.7. The van der Waals surface area contributed by atoms with E-state index in [0.29, 0.717) is 11.8 Å². The number of esters is 2. The number of alkyl halides is 2. The summed E-state index contributed by atoms with van der Waals surface area (Å²) in [5, 5.41) is 2.86. The van der Waals surface area contributed by atoms with Crippen LogP contribution in [0.2, 0.25) is 0 Å². The fourth-order valence-corrected chi connectivity index (χ4v) is 3.90. The maximum atomic E-state index is 14.6. The van der Waals surface area contributed by atoms with Crippen LogP contribution in [-0.2, 0) is 19.1 Å². The van der Waals surface area contributed by atoms with E-state index < -0.39 is 53.3 Å². The molecule has 1 aliphatic carbocycles. The number of carbonyl (C=O) groups is 2. The monoisotopic (exact) mass is 397 g/mol. The van der Waals surface area contributed by atoms with Gasteiger partial charge in [-0.2, -0.15) is 0 Å². The first-order valence-corrected chi connectivity index (χ1v) is 8.48. The van der Waals surface area contributed by atoms with Gasteiger partial charge in [0.2, 0.25) is 0 Å². The highest BCUT2D eigenvalue weighted by atomic mass is 19.3. The van der Waals surface area contributed by atoms with Gasteiger partial charge < -0.3 is 14.8 Å². The smallest absolute Gasteiger partial charge is 0.337 e. The molecule has 0 unspecified atom stereocenters. The van der Waals surface area contributed by atoms with Gasteiger partial charge in [0.05, 0.1) is 35.8 Å². The van der Waals surface area contributed by atoms with Gasteiger partial charge in [-0.05, 0) is 18.6 Å². The van der Waals surface area contributed by atoms with E-state index in [-0.39, 0.29) is 29.0 Å². The van der Waals surface area contributed by atoms with E-state index in [1.165, 1.54) is 6.92 Å². The van der Waals surface area contributed by atoms with Crippen LogP contribution >= 0.6 is 0 Å². The van der Waals surface area contributed by atoms with E-state index in [0.717, 1.165) is 13.2 Å². The maximum Gasteiger partial charge on any atom is 0.337 e. The predicted octanol–water partition coefficient (Wildman–Crippen LogP) is 3.03. The standard InChI is InChI=1S/C19H15F4NO4/c1-7-13(17(25)27-2)15(16-12(24-7)6-28-18(16)26)9-3-8(20)4-11(21)14(9)10-5-19(10,22)23/h3-4,10,15,24H,5-6H2,1-2H3/t10-,15-/m0/s1.